The molecule has 0 bridgehead atoms. The summed E-state index contributed by atoms with van der Waals surface area (Å²) in [5.74, 6) is -1.53. The molecule has 1 aromatic rings. The molecule has 0 spiro atoms. The van der Waals surface area contributed by atoms with Crippen LogP contribution in [0.4, 0.5) is 0 Å². The summed E-state index contributed by atoms with van der Waals surface area (Å²) in [6.07, 6.45) is -1.43. The Balaban J connectivity index is 2.34. The first-order valence-electron chi connectivity index (χ1n) is 4.44. The van der Waals surface area contributed by atoms with Crippen LogP contribution >= 0.6 is 33.9 Å². The van der Waals surface area contributed by atoms with Crippen LogP contribution in [0.3, 0.4) is 0 Å². The maximum Gasteiger partial charge on any atom is 0.332 e. The van der Waals surface area contributed by atoms with Gasteiger partial charge in [-0.3, -0.25) is 4.79 Å². The molecule has 0 radical (unpaired) electrons. The third-order valence-corrected chi connectivity index (χ3v) is 3.61. The highest BCUT2D eigenvalue weighted by Gasteiger charge is 2.13. The quantitative estimate of drug-likeness (QED) is 0.686. The largest absolute Gasteiger partial charge is 0.479 e. The SMILES string of the molecule is O=C(NCCC(O)C(=O)O)c1csc(I)c1. The Labute approximate surface area is 110 Å². The van der Waals surface area contributed by atoms with E-state index < -0.39 is 12.1 Å². The number of carboxylic acid groups (broad SMARTS) is 1. The normalized spacial score (nSPS) is 12.1. The topological polar surface area (TPSA) is 86.6 Å². The third-order valence-electron chi connectivity index (χ3n) is 1.82. The monoisotopic (exact) mass is 355 g/mol. The van der Waals surface area contributed by atoms with Crippen LogP contribution < -0.4 is 5.32 Å². The van der Waals surface area contributed by atoms with Gasteiger partial charge in [0.2, 0.25) is 0 Å². The molecule has 3 N–H and O–H groups in total. The van der Waals surface area contributed by atoms with Gasteiger partial charge in [-0.2, -0.15) is 0 Å². The van der Waals surface area contributed by atoms with E-state index in [-0.39, 0.29) is 18.9 Å². The molecular weight excluding hydrogens is 345 g/mol. The number of carboxylic acids is 1. The van der Waals surface area contributed by atoms with E-state index in [9.17, 15) is 9.59 Å². The number of aliphatic hydroxyl groups is 1. The fraction of sp³-hybridized carbons (Fsp3) is 0.333. The predicted octanol–water partition coefficient (Wildman–Crippen LogP) is 0.918. The number of nitrogens with one attached hydrogen (secondary N) is 1. The lowest BCUT2D eigenvalue weighted by Gasteiger charge is -2.06. The van der Waals surface area contributed by atoms with E-state index in [1.54, 1.807) is 11.4 Å². The Kier molecular flexibility index (Phi) is 5.16. The van der Waals surface area contributed by atoms with Crippen LogP contribution in [0.15, 0.2) is 11.4 Å². The maximum absolute atomic E-state index is 11.5. The number of carbonyl (C=O) groups excluding carboxylic acids is 1. The molecule has 0 aliphatic heterocycles. The zero-order valence-electron chi connectivity index (χ0n) is 8.14. The lowest BCUT2D eigenvalue weighted by molar-refractivity contribution is -0.146. The standard InChI is InChI=1S/C9H10INO4S/c10-7-3-5(4-16-7)8(13)11-2-1-6(12)9(14)15/h3-4,6,12H,1-2H2,(H,11,13)(H,14,15). The molecule has 16 heavy (non-hydrogen) atoms. The smallest absolute Gasteiger partial charge is 0.332 e. The van der Waals surface area contributed by atoms with Gasteiger partial charge in [-0.15, -0.1) is 11.3 Å². The summed E-state index contributed by atoms with van der Waals surface area (Å²) < 4.78 is 1.01. The van der Waals surface area contributed by atoms with Gasteiger partial charge in [0.25, 0.3) is 5.91 Å². The van der Waals surface area contributed by atoms with Crippen LogP contribution in [0, 0.1) is 2.88 Å². The van der Waals surface area contributed by atoms with Gasteiger partial charge in [-0.25, -0.2) is 4.79 Å². The Bertz CT molecular complexity index is 393. The Hall–Kier alpha value is -0.670. The van der Waals surface area contributed by atoms with E-state index >= 15 is 0 Å². The van der Waals surface area contributed by atoms with Gasteiger partial charge in [0.1, 0.15) is 0 Å². The van der Waals surface area contributed by atoms with Gasteiger partial charge in [-0.1, -0.05) is 0 Å². The molecule has 1 unspecified atom stereocenters. The average Bonchev–Trinajstić information content (AvgIpc) is 2.64. The van der Waals surface area contributed by atoms with E-state index in [1.807, 2.05) is 0 Å². The van der Waals surface area contributed by atoms with Crippen LogP contribution in [0.5, 0.6) is 0 Å². The number of aliphatic carboxylic acids is 1. The van der Waals surface area contributed by atoms with Gasteiger partial charge < -0.3 is 15.5 Å². The molecule has 1 rings (SSSR count). The summed E-state index contributed by atoms with van der Waals surface area (Å²) in [4.78, 5) is 21.8. The fourth-order valence-corrected chi connectivity index (χ4v) is 2.30. The number of halogens is 1. The lowest BCUT2D eigenvalue weighted by Crippen LogP contribution is -2.29. The highest BCUT2D eigenvalue weighted by atomic mass is 127. The first-order valence-corrected chi connectivity index (χ1v) is 6.39. The summed E-state index contributed by atoms with van der Waals surface area (Å²) in [5, 5.41) is 21.6. The van der Waals surface area contributed by atoms with Gasteiger partial charge in [0, 0.05) is 18.3 Å². The summed E-state index contributed by atoms with van der Waals surface area (Å²) in [7, 11) is 0. The Morgan fingerprint density at radius 1 is 1.56 bits per heavy atom. The van der Waals surface area contributed by atoms with Crippen molar-refractivity contribution >= 4 is 45.8 Å². The summed E-state index contributed by atoms with van der Waals surface area (Å²) in [6, 6.07) is 1.74. The minimum atomic E-state index is -1.43. The Morgan fingerprint density at radius 3 is 2.75 bits per heavy atom. The number of thiophene rings is 1. The molecule has 0 saturated heterocycles. The van der Waals surface area contributed by atoms with Crippen LogP contribution in [0.25, 0.3) is 0 Å². The van der Waals surface area contributed by atoms with Crippen LogP contribution in [-0.2, 0) is 4.79 Å². The summed E-state index contributed by atoms with van der Waals surface area (Å²) in [5.41, 5.74) is 0.555. The number of hydrogen-bond donors (Lipinski definition) is 3. The van der Waals surface area contributed by atoms with E-state index in [0.29, 0.717) is 5.56 Å². The second-order valence-corrected chi connectivity index (χ2v) is 5.84. The summed E-state index contributed by atoms with van der Waals surface area (Å²) >= 11 is 3.57. The van der Waals surface area contributed by atoms with Crippen molar-refractivity contribution < 1.29 is 19.8 Å². The molecule has 88 valence electrons. The zero-order chi connectivity index (χ0) is 12.1. The predicted molar refractivity (Wildman–Crippen MR) is 67.6 cm³/mol. The molecule has 0 fully saturated rings. The van der Waals surface area contributed by atoms with Gasteiger partial charge in [0.15, 0.2) is 6.10 Å². The van der Waals surface area contributed by atoms with Crippen molar-refractivity contribution in [1.82, 2.24) is 5.32 Å². The third kappa shape index (κ3) is 4.06. The number of carbonyl (C=O) groups is 2. The molecule has 0 aromatic carbocycles. The molecule has 1 amide bonds. The van der Waals surface area contributed by atoms with Crippen LogP contribution in [-0.4, -0.2) is 34.7 Å². The summed E-state index contributed by atoms with van der Waals surface area (Å²) in [6.45, 7) is 0.138. The van der Waals surface area contributed by atoms with Gasteiger partial charge in [-0.05, 0) is 28.7 Å². The Morgan fingerprint density at radius 2 is 2.25 bits per heavy atom. The second-order valence-electron chi connectivity index (χ2n) is 3.04. The molecule has 0 saturated carbocycles. The second kappa shape index (κ2) is 6.16. The molecule has 0 aliphatic carbocycles. The first-order chi connectivity index (χ1) is 7.50. The molecule has 1 atom stereocenters. The molecule has 0 aliphatic rings. The van der Waals surface area contributed by atoms with Gasteiger partial charge in [0.05, 0.1) is 8.45 Å². The van der Waals surface area contributed by atoms with Crippen molar-refractivity contribution in [2.24, 2.45) is 0 Å². The first kappa shape index (κ1) is 13.4. The van der Waals surface area contributed by atoms with Crippen molar-refractivity contribution in [2.75, 3.05) is 6.54 Å². The highest BCUT2D eigenvalue weighted by Crippen LogP contribution is 2.16. The maximum atomic E-state index is 11.5. The molecule has 5 nitrogen and oxygen atoms in total. The van der Waals surface area contributed by atoms with E-state index in [2.05, 4.69) is 27.9 Å². The molecular formula is C9H10INO4S. The van der Waals surface area contributed by atoms with Crippen molar-refractivity contribution in [3.05, 3.63) is 19.9 Å². The van der Waals surface area contributed by atoms with E-state index in [4.69, 9.17) is 10.2 Å². The van der Waals surface area contributed by atoms with Crippen LogP contribution in [0.2, 0.25) is 0 Å². The molecule has 7 heteroatoms. The van der Waals surface area contributed by atoms with E-state index in [0.717, 1.165) is 2.88 Å². The average molecular weight is 355 g/mol. The van der Waals surface area contributed by atoms with Crippen molar-refractivity contribution in [3.63, 3.8) is 0 Å². The van der Waals surface area contributed by atoms with Crippen molar-refractivity contribution in [1.29, 1.82) is 0 Å². The van der Waals surface area contributed by atoms with Gasteiger partial charge >= 0.3 is 5.97 Å². The number of rotatable bonds is 5. The van der Waals surface area contributed by atoms with Crippen molar-refractivity contribution in [2.45, 2.75) is 12.5 Å². The molecule has 1 heterocycles. The number of aliphatic hydroxyl groups excluding tert-OH is 1. The van der Waals surface area contributed by atoms with E-state index in [1.165, 1.54) is 11.3 Å². The minimum Gasteiger partial charge on any atom is -0.479 e. The molecule has 1 aromatic heterocycles. The zero-order valence-corrected chi connectivity index (χ0v) is 11.1. The van der Waals surface area contributed by atoms with Crippen molar-refractivity contribution in [3.8, 4) is 0 Å². The minimum absolute atomic E-state index is 0.00228. The fourth-order valence-electron chi connectivity index (χ4n) is 0.977. The highest BCUT2D eigenvalue weighted by molar-refractivity contribution is 14.1. The lowest BCUT2D eigenvalue weighted by atomic mass is 10.2. The number of hydrogen-bond acceptors (Lipinski definition) is 4. The number of amides is 1. The van der Waals surface area contributed by atoms with Crippen LogP contribution in [0.1, 0.15) is 16.8 Å².